The number of hydrogen-bond donors (Lipinski definition) is 2. The Labute approximate surface area is 117 Å². The summed E-state index contributed by atoms with van der Waals surface area (Å²) < 4.78 is 5.10. The number of ether oxygens (including phenoxy) is 1. The minimum atomic E-state index is -0.393. The van der Waals surface area contributed by atoms with Gasteiger partial charge in [-0.2, -0.15) is 5.10 Å². The fraction of sp³-hybridized carbons (Fsp3) is 0.0667. The largest absolute Gasteiger partial charge is 0.497 e. The molecule has 0 atom stereocenters. The minimum absolute atomic E-state index is 0.393. The third-order valence-corrected chi connectivity index (χ3v) is 2.51. The Morgan fingerprint density at radius 3 is 2.70 bits per heavy atom. The summed E-state index contributed by atoms with van der Waals surface area (Å²) in [6.07, 6.45) is 1.55. The van der Waals surface area contributed by atoms with Crippen LogP contribution in [0.15, 0.2) is 59.7 Å². The number of benzene rings is 2. The first kappa shape index (κ1) is 13.6. The summed E-state index contributed by atoms with van der Waals surface area (Å²) in [4.78, 5) is 11.6. The van der Waals surface area contributed by atoms with Gasteiger partial charge in [0.25, 0.3) is 0 Å². The molecule has 0 aliphatic carbocycles. The lowest BCUT2D eigenvalue weighted by atomic mass is 10.2. The molecule has 0 heterocycles. The van der Waals surface area contributed by atoms with E-state index in [2.05, 4.69) is 15.8 Å². The van der Waals surface area contributed by atoms with Gasteiger partial charge in [-0.1, -0.05) is 30.3 Å². The lowest BCUT2D eigenvalue weighted by molar-refractivity contribution is 0.252. The van der Waals surface area contributed by atoms with E-state index in [1.165, 1.54) is 0 Å². The molecular formula is C15H15N3O2. The van der Waals surface area contributed by atoms with Crippen molar-refractivity contribution in [2.24, 2.45) is 5.10 Å². The molecule has 2 rings (SSSR count). The number of anilines is 1. The van der Waals surface area contributed by atoms with Crippen molar-refractivity contribution in [1.82, 2.24) is 5.43 Å². The Hall–Kier alpha value is -2.82. The van der Waals surface area contributed by atoms with Crippen LogP contribution in [0.4, 0.5) is 10.5 Å². The first-order chi connectivity index (χ1) is 9.78. The van der Waals surface area contributed by atoms with Crippen LogP contribution in [0.3, 0.4) is 0 Å². The maximum atomic E-state index is 11.6. The average Bonchev–Trinajstić information content (AvgIpc) is 2.48. The van der Waals surface area contributed by atoms with Crippen molar-refractivity contribution < 1.29 is 9.53 Å². The van der Waals surface area contributed by atoms with Crippen LogP contribution in [-0.4, -0.2) is 19.4 Å². The summed E-state index contributed by atoms with van der Waals surface area (Å²) >= 11 is 0. The van der Waals surface area contributed by atoms with E-state index in [0.29, 0.717) is 5.69 Å². The Bertz CT molecular complexity index is 597. The second-order valence-corrected chi connectivity index (χ2v) is 3.97. The van der Waals surface area contributed by atoms with E-state index in [1.54, 1.807) is 25.5 Å². The molecule has 0 radical (unpaired) electrons. The van der Waals surface area contributed by atoms with Crippen LogP contribution >= 0.6 is 0 Å². The number of hydrazone groups is 1. The predicted molar refractivity (Wildman–Crippen MR) is 79.2 cm³/mol. The van der Waals surface area contributed by atoms with E-state index in [0.717, 1.165) is 11.3 Å². The van der Waals surface area contributed by atoms with Gasteiger partial charge in [-0.3, -0.25) is 0 Å². The molecule has 5 nitrogen and oxygen atoms in total. The smallest absolute Gasteiger partial charge is 0.339 e. The molecule has 102 valence electrons. The molecule has 0 unspecified atom stereocenters. The fourth-order valence-electron chi connectivity index (χ4n) is 1.57. The molecule has 2 aromatic rings. The fourth-order valence-corrected chi connectivity index (χ4v) is 1.57. The number of carbonyl (C=O) groups is 1. The Balaban J connectivity index is 1.88. The van der Waals surface area contributed by atoms with Crippen LogP contribution in [-0.2, 0) is 0 Å². The van der Waals surface area contributed by atoms with Crippen LogP contribution in [0.25, 0.3) is 0 Å². The first-order valence-electron chi connectivity index (χ1n) is 6.07. The normalized spacial score (nSPS) is 10.2. The standard InChI is InChI=1S/C15H15N3O2/c1-20-14-9-5-6-12(10-14)11-16-18-15(19)17-13-7-3-2-4-8-13/h2-11H,1H3,(H2,17,18,19)/b16-11-. The highest BCUT2D eigenvalue weighted by Gasteiger charge is 1.98. The van der Waals surface area contributed by atoms with E-state index >= 15 is 0 Å². The number of para-hydroxylation sites is 1. The molecular weight excluding hydrogens is 254 g/mol. The first-order valence-corrected chi connectivity index (χ1v) is 6.07. The molecule has 0 spiro atoms. The van der Waals surface area contributed by atoms with Gasteiger partial charge in [0.05, 0.1) is 13.3 Å². The lowest BCUT2D eigenvalue weighted by Crippen LogP contribution is -2.24. The minimum Gasteiger partial charge on any atom is -0.497 e. The highest BCUT2D eigenvalue weighted by molar-refractivity contribution is 5.90. The number of nitrogens with zero attached hydrogens (tertiary/aromatic N) is 1. The van der Waals surface area contributed by atoms with Gasteiger partial charge in [-0.05, 0) is 29.8 Å². The SMILES string of the molecule is COc1cccc(/C=N\NC(=O)Nc2ccccc2)c1. The number of urea groups is 1. The zero-order valence-corrected chi connectivity index (χ0v) is 11.0. The maximum absolute atomic E-state index is 11.6. The van der Waals surface area contributed by atoms with Crippen molar-refractivity contribution in [3.05, 3.63) is 60.2 Å². The van der Waals surface area contributed by atoms with Gasteiger partial charge in [0.1, 0.15) is 5.75 Å². The Morgan fingerprint density at radius 2 is 1.95 bits per heavy atom. The quantitative estimate of drug-likeness (QED) is 0.662. The molecule has 20 heavy (non-hydrogen) atoms. The number of methoxy groups -OCH3 is 1. The van der Waals surface area contributed by atoms with Gasteiger partial charge in [-0.25, -0.2) is 10.2 Å². The number of amides is 2. The molecule has 2 aromatic carbocycles. The van der Waals surface area contributed by atoms with Crippen molar-refractivity contribution in [2.75, 3.05) is 12.4 Å². The molecule has 2 amide bonds. The summed E-state index contributed by atoms with van der Waals surface area (Å²) in [7, 11) is 1.60. The molecule has 0 bridgehead atoms. The van der Waals surface area contributed by atoms with E-state index in [4.69, 9.17) is 4.74 Å². The van der Waals surface area contributed by atoms with Crippen molar-refractivity contribution >= 4 is 17.9 Å². The van der Waals surface area contributed by atoms with E-state index in [9.17, 15) is 4.79 Å². The topological polar surface area (TPSA) is 62.7 Å². The summed E-state index contributed by atoms with van der Waals surface area (Å²) in [6.45, 7) is 0. The van der Waals surface area contributed by atoms with Crippen molar-refractivity contribution in [2.45, 2.75) is 0 Å². The molecule has 2 N–H and O–H groups in total. The second-order valence-electron chi connectivity index (χ2n) is 3.97. The molecule has 5 heteroatoms. The van der Waals surface area contributed by atoms with Gasteiger partial charge in [0, 0.05) is 5.69 Å². The van der Waals surface area contributed by atoms with Gasteiger partial charge < -0.3 is 10.1 Å². The Morgan fingerprint density at radius 1 is 1.15 bits per heavy atom. The third-order valence-electron chi connectivity index (χ3n) is 2.51. The number of nitrogens with one attached hydrogen (secondary N) is 2. The van der Waals surface area contributed by atoms with Gasteiger partial charge in [0.15, 0.2) is 0 Å². The second kappa shape index (κ2) is 6.94. The maximum Gasteiger partial charge on any atom is 0.339 e. The van der Waals surface area contributed by atoms with Crippen LogP contribution in [0, 0.1) is 0 Å². The predicted octanol–water partition coefficient (Wildman–Crippen LogP) is 2.85. The summed E-state index contributed by atoms with van der Waals surface area (Å²) in [5.74, 6) is 0.739. The Kier molecular flexibility index (Phi) is 4.72. The zero-order valence-electron chi connectivity index (χ0n) is 11.0. The number of hydrogen-bond acceptors (Lipinski definition) is 3. The van der Waals surface area contributed by atoms with Crippen LogP contribution < -0.4 is 15.5 Å². The van der Waals surface area contributed by atoms with Crippen molar-refractivity contribution in [3.8, 4) is 5.75 Å². The zero-order chi connectivity index (χ0) is 14.2. The van der Waals surface area contributed by atoms with E-state index in [-0.39, 0.29) is 0 Å². The highest BCUT2D eigenvalue weighted by atomic mass is 16.5. The lowest BCUT2D eigenvalue weighted by Gasteiger charge is -2.03. The number of rotatable bonds is 4. The molecule has 0 aromatic heterocycles. The monoisotopic (exact) mass is 269 g/mol. The van der Waals surface area contributed by atoms with Crippen molar-refractivity contribution in [3.63, 3.8) is 0 Å². The number of carbonyl (C=O) groups excluding carboxylic acids is 1. The molecule has 0 saturated carbocycles. The van der Waals surface area contributed by atoms with E-state index in [1.807, 2.05) is 42.5 Å². The third kappa shape index (κ3) is 4.13. The van der Waals surface area contributed by atoms with E-state index < -0.39 is 6.03 Å². The van der Waals surface area contributed by atoms with Gasteiger partial charge >= 0.3 is 6.03 Å². The molecule has 0 fully saturated rings. The highest BCUT2D eigenvalue weighted by Crippen LogP contribution is 2.10. The summed E-state index contributed by atoms with van der Waals surface area (Å²) in [5.41, 5.74) is 3.94. The van der Waals surface area contributed by atoms with Crippen LogP contribution in [0.2, 0.25) is 0 Å². The molecule has 0 aliphatic heterocycles. The summed E-state index contributed by atoms with van der Waals surface area (Å²) in [5, 5.41) is 6.53. The van der Waals surface area contributed by atoms with Crippen LogP contribution in [0.1, 0.15) is 5.56 Å². The van der Waals surface area contributed by atoms with Gasteiger partial charge in [-0.15, -0.1) is 0 Å². The van der Waals surface area contributed by atoms with Crippen LogP contribution in [0.5, 0.6) is 5.75 Å². The van der Waals surface area contributed by atoms with Gasteiger partial charge in [0.2, 0.25) is 0 Å². The van der Waals surface area contributed by atoms with Crippen molar-refractivity contribution in [1.29, 1.82) is 0 Å². The average molecular weight is 269 g/mol. The summed E-state index contributed by atoms with van der Waals surface area (Å²) in [6, 6.07) is 16.1. The molecule has 0 saturated heterocycles. The molecule has 0 aliphatic rings.